The molecule has 7 heteroatoms. The average Bonchev–Trinajstić information content (AvgIpc) is 3.07. The second-order valence-electron chi connectivity index (χ2n) is 7.73. The van der Waals surface area contributed by atoms with Crippen LogP contribution in [0.1, 0.15) is 24.0 Å². The molecule has 0 atom stereocenters. The number of hydrogen-bond acceptors (Lipinski definition) is 3. The van der Waals surface area contributed by atoms with Crippen LogP contribution in [0.3, 0.4) is 0 Å². The van der Waals surface area contributed by atoms with E-state index in [1.54, 1.807) is 34.1 Å². The molecular formula is C23H26ClN3O3. The van der Waals surface area contributed by atoms with Gasteiger partial charge in [0.1, 0.15) is 5.75 Å². The molecule has 2 aliphatic rings. The summed E-state index contributed by atoms with van der Waals surface area (Å²) in [6.07, 6.45) is 4.14. The molecule has 4 rings (SSSR count). The zero-order valence-corrected chi connectivity index (χ0v) is 17.7. The van der Waals surface area contributed by atoms with E-state index in [0.29, 0.717) is 36.9 Å². The maximum absolute atomic E-state index is 12.6. The van der Waals surface area contributed by atoms with E-state index in [0.717, 1.165) is 25.0 Å². The lowest BCUT2D eigenvalue weighted by atomic mass is 10.1. The summed E-state index contributed by atoms with van der Waals surface area (Å²) in [5.74, 6) is 0.707. The Hall–Kier alpha value is -2.73. The Bertz CT molecular complexity index is 916. The van der Waals surface area contributed by atoms with Crippen LogP contribution >= 0.6 is 11.6 Å². The molecule has 6 nitrogen and oxygen atoms in total. The lowest BCUT2D eigenvalue weighted by Gasteiger charge is -2.22. The molecule has 3 amide bonds. The Morgan fingerprint density at radius 2 is 1.63 bits per heavy atom. The first-order valence-electron chi connectivity index (χ1n) is 10.4. The molecule has 0 unspecified atom stereocenters. The van der Waals surface area contributed by atoms with Crippen molar-refractivity contribution in [3.05, 3.63) is 58.6 Å². The molecule has 0 saturated carbocycles. The standard InChI is InChI=1S/C23H26ClN3O3/c24-19-6-8-20(9-7-19)25-23(29)27-12-2-11-26(13-14-27)22(28)16-30-21-10-5-17-3-1-4-18(17)15-21/h5-10,15H,1-4,11-14,16H2,(H,25,29). The van der Waals surface area contributed by atoms with E-state index in [9.17, 15) is 9.59 Å². The van der Waals surface area contributed by atoms with Gasteiger partial charge in [0.25, 0.3) is 5.91 Å². The molecule has 1 heterocycles. The van der Waals surface area contributed by atoms with Crippen LogP contribution in [0.4, 0.5) is 10.5 Å². The molecule has 0 radical (unpaired) electrons. The van der Waals surface area contributed by atoms with Crippen LogP contribution in [0.5, 0.6) is 5.75 Å². The number of rotatable bonds is 4. The van der Waals surface area contributed by atoms with E-state index in [1.807, 2.05) is 6.07 Å². The molecule has 158 valence electrons. The lowest BCUT2D eigenvalue weighted by molar-refractivity contribution is -0.133. The molecule has 2 aromatic carbocycles. The lowest BCUT2D eigenvalue weighted by Crippen LogP contribution is -2.40. The molecule has 0 spiro atoms. The number of amides is 3. The number of fused-ring (bicyclic) bond motifs is 1. The minimum Gasteiger partial charge on any atom is -0.484 e. The number of nitrogens with zero attached hydrogens (tertiary/aromatic N) is 2. The Balaban J connectivity index is 1.26. The van der Waals surface area contributed by atoms with Crippen molar-refractivity contribution in [3.63, 3.8) is 0 Å². The van der Waals surface area contributed by atoms with Crippen molar-refractivity contribution in [2.24, 2.45) is 0 Å². The van der Waals surface area contributed by atoms with Crippen LogP contribution in [0.25, 0.3) is 0 Å². The van der Waals surface area contributed by atoms with E-state index >= 15 is 0 Å². The Morgan fingerprint density at radius 3 is 2.47 bits per heavy atom. The van der Waals surface area contributed by atoms with Crippen LogP contribution < -0.4 is 10.1 Å². The maximum atomic E-state index is 12.6. The van der Waals surface area contributed by atoms with Gasteiger partial charge >= 0.3 is 6.03 Å². The summed E-state index contributed by atoms with van der Waals surface area (Å²) in [4.78, 5) is 28.7. The normalized spacial score (nSPS) is 16.0. The molecule has 1 saturated heterocycles. The fourth-order valence-corrected chi connectivity index (χ4v) is 4.11. The van der Waals surface area contributed by atoms with Crippen molar-refractivity contribution < 1.29 is 14.3 Å². The van der Waals surface area contributed by atoms with Crippen molar-refractivity contribution in [2.75, 3.05) is 38.1 Å². The third-order valence-corrected chi connectivity index (χ3v) is 5.92. The smallest absolute Gasteiger partial charge is 0.321 e. The van der Waals surface area contributed by atoms with Gasteiger partial charge in [-0.3, -0.25) is 4.79 Å². The number of anilines is 1. The van der Waals surface area contributed by atoms with Gasteiger partial charge in [-0.05, 0) is 73.2 Å². The number of carbonyl (C=O) groups excluding carboxylic acids is 2. The predicted molar refractivity (Wildman–Crippen MR) is 117 cm³/mol. The monoisotopic (exact) mass is 427 g/mol. The number of urea groups is 1. The van der Waals surface area contributed by atoms with Gasteiger partial charge in [-0.25, -0.2) is 4.79 Å². The topological polar surface area (TPSA) is 61.9 Å². The summed E-state index contributed by atoms with van der Waals surface area (Å²) in [7, 11) is 0. The highest BCUT2D eigenvalue weighted by Crippen LogP contribution is 2.26. The molecule has 30 heavy (non-hydrogen) atoms. The van der Waals surface area contributed by atoms with E-state index in [1.165, 1.54) is 17.5 Å². The highest BCUT2D eigenvalue weighted by atomic mass is 35.5. The molecule has 0 aromatic heterocycles. The second-order valence-corrected chi connectivity index (χ2v) is 8.17. The van der Waals surface area contributed by atoms with Gasteiger partial charge in [0.05, 0.1) is 0 Å². The molecule has 0 bridgehead atoms. The first-order valence-corrected chi connectivity index (χ1v) is 10.8. The Kier molecular flexibility index (Phi) is 6.43. The summed E-state index contributed by atoms with van der Waals surface area (Å²) in [6.45, 7) is 2.24. The van der Waals surface area contributed by atoms with Crippen LogP contribution in [-0.4, -0.2) is 54.5 Å². The first-order chi connectivity index (χ1) is 14.6. The summed E-state index contributed by atoms with van der Waals surface area (Å²) in [5.41, 5.74) is 3.42. The summed E-state index contributed by atoms with van der Waals surface area (Å²) >= 11 is 5.88. The van der Waals surface area contributed by atoms with Gasteiger partial charge in [0.2, 0.25) is 0 Å². The van der Waals surface area contributed by atoms with Gasteiger partial charge < -0.3 is 19.9 Å². The third-order valence-electron chi connectivity index (χ3n) is 5.66. The predicted octanol–water partition coefficient (Wildman–Crippen LogP) is 3.97. The fraction of sp³-hybridized carbons (Fsp3) is 0.391. The molecule has 1 fully saturated rings. The van der Waals surface area contributed by atoms with Crippen molar-refractivity contribution in [2.45, 2.75) is 25.7 Å². The summed E-state index contributed by atoms with van der Waals surface area (Å²) in [6, 6.07) is 13.0. The van der Waals surface area contributed by atoms with E-state index in [4.69, 9.17) is 16.3 Å². The highest BCUT2D eigenvalue weighted by Gasteiger charge is 2.22. The highest BCUT2D eigenvalue weighted by molar-refractivity contribution is 6.30. The van der Waals surface area contributed by atoms with E-state index in [2.05, 4.69) is 17.4 Å². The number of hydrogen-bond donors (Lipinski definition) is 1. The minimum atomic E-state index is -0.166. The van der Waals surface area contributed by atoms with Gasteiger partial charge in [-0.1, -0.05) is 17.7 Å². The second kappa shape index (κ2) is 9.39. The average molecular weight is 428 g/mol. The van der Waals surface area contributed by atoms with Crippen molar-refractivity contribution in [3.8, 4) is 5.75 Å². The molecule has 2 aromatic rings. The SMILES string of the molecule is O=C(COc1ccc2c(c1)CCC2)N1CCCN(C(=O)Nc2ccc(Cl)cc2)CC1. The zero-order valence-electron chi connectivity index (χ0n) is 16.9. The number of carbonyl (C=O) groups is 2. The number of halogens is 1. The fourth-order valence-electron chi connectivity index (χ4n) is 3.98. The maximum Gasteiger partial charge on any atom is 0.321 e. The van der Waals surface area contributed by atoms with Gasteiger partial charge in [0.15, 0.2) is 6.61 Å². The number of benzene rings is 2. The van der Waals surface area contributed by atoms with Gasteiger partial charge in [0, 0.05) is 36.9 Å². The van der Waals surface area contributed by atoms with Crippen molar-refractivity contribution in [1.29, 1.82) is 0 Å². The Labute approximate surface area is 181 Å². The number of nitrogens with one attached hydrogen (secondary N) is 1. The minimum absolute atomic E-state index is 0.0236. The number of aryl methyl sites for hydroxylation is 2. The molecule has 1 aliphatic carbocycles. The first kappa shape index (κ1) is 20.5. The summed E-state index contributed by atoms with van der Waals surface area (Å²) in [5, 5.41) is 3.50. The zero-order chi connectivity index (χ0) is 20.9. The molecule has 1 aliphatic heterocycles. The molecular weight excluding hydrogens is 402 g/mol. The van der Waals surface area contributed by atoms with Crippen molar-refractivity contribution >= 4 is 29.2 Å². The van der Waals surface area contributed by atoms with Crippen LogP contribution in [0.15, 0.2) is 42.5 Å². The van der Waals surface area contributed by atoms with Gasteiger partial charge in [-0.2, -0.15) is 0 Å². The Morgan fingerprint density at radius 1 is 0.900 bits per heavy atom. The van der Waals surface area contributed by atoms with E-state index < -0.39 is 0 Å². The van der Waals surface area contributed by atoms with E-state index in [-0.39, 0.29) is 18.5 Å². The molecule has 1 N–H and O–H groups in total. The third kappa shape index (κ3) is 5.05. The number of ether oxygens (including phenoxy) is 1. The largest absolute Gasteiger partial charge is 0.484 e. The quantitative estimate of drug-likeness (QED) is 0.802. The van der Waals surface area contributed by atoms with Gasteiger partial charge in [-0.15, -0.1) is 0 Å². The van der Waals surface area contributed by atoms with Crippen LogP contribution in [0, 0.1) is 0 Å². The van der Waals surface area contributed by atoms with Crippen LogP contribution in [0.2, 0.25) is 5.02 Å². The van der Waals surface area contributed by atoms with Crippen LogP contribution in [-0.2, 0) is 17.6 Å². The van der Waals surface area contributed by atoms with Crippen molar-refractivity contribution in [1.82, 2.24) is 9.80 Å². The summed E-state index contributed by atoms with van der Waals surface area (Å²) < 4.78 is 5.76.